The molecule has 1 aromatic carbocycles. The smallest absolute Gasteiger partial charge is 0.373 e. The van der Waals surface area contributed by atoms with Crippen molar-refractivity contribution in [2.24, 2.45) is 0 Å². The molecule has 2 nitrogen and oxygen atoms in total. The van der Waals surface area contributed by atoms with Crippen LogP contribution in [0.15, 0.2) is 28.7 Å². The van der Waals surface area contributed by atoms with Crippen LogP contribution >= 0.6 is 15.9 Å². The number of carbonyl (C=O) groups excluding carboxylic acids is 1. The first-order valence-corrected chi connectivity index (χ1v) is 5.82. The van der Waals surface area contributed by atoms with Crippen molar-refractivity contribution in [3.05, 3.63) is 34.3 Å². The molecule has 9 heteroatoms. The van der Waals surface area contributed by atoms with Crippen LogP contribution in [-0.2, 0) is 0 Å². The zero-order chi connectivity index (χ0) is 15.8. The van der Waals surface area contributed by atoms with E-state index in [9.17, 15) is 31.1 Å². The second kappa shape index (κ2) is 5.36. The standard InChI is InChI=1S/C11H7BrF6O2/c12-7-3-1-6(2-4-7)8(19)5-9(20,10(13,14)15)11(16,17)18/h1-4,20H,5H2. The number of ketones is 1. The third-order valence-electron chi connectivity index (χ3n) is 2.52. The van der Waals surface area contributed by atoms with Crippen LogP contribution in [0.3, 0.4) is 0 Å². The van der Waals surface area contributed by atoms with Crippen LogP contribution in [0.5, 0.6) is 0 Å². The van der Waals surface area contributed by atoms with Gasteiger partial charge in [0.1, 0.15) is 0 Å². The molecule has 1 N–H and O–H groups in total. The molecule has 0 aliphatic rings. The summed E-state index contributed by atoms with van der Waals surface area (Å²) in [5, 5.41) is 8.89. The summed E-state index contributed by atoms with van der Waals surface area (Å²) in [5.41, 5.74) is -5.43. The van der Waals surface area contributed by atoms with Crippen LogP contribution in [0.25, 0.3) is 0 Å². The highest BCUT2D eigenvalue weighted by molar-refractivity contribution is 9.10. The molecule has 0 fully saturated rings. The van der Waals surface area contributed by atoms with Gasteiger partial charge in [-0.3, -0.25) is 4.79 Å². The zero-order valence-electron chi connectivity index (χ0n) is 9.52. The largest absolute Gasteiger partial charge is 0.426 e. The van der Waals surface area contributed by atoms with Gasteiger partial charge in [0, 0.05) is 10.0 Å². The number of Topliss-reactive ketones (excluding diaryl/α,β-unsaturated/α-hetero) is 1. The van der Waals surface area contributed by atoms with Crippen LogP contribution < -0.4 is 0 Å². The molecular weight excluding hydrogens is 358 g/mol. The number of aliphatic hydroxyl groups is 1. The molecule has 1 rings (SSSR count). The summed E-state index contributed by atoms with van der Waals surface area (Å²) in [6.07, 6.45) is -14.1. The maximum atomic E-state index is 12.4. The van der Waals surface area contributed by atoms with Crippen LogP contribution in [0.4, 0.5) is 26.3 Å². The number of halogens is 7. The molecule has 1 aromatic rings. The van der Waals surface area contributed by atoms with Crippen molar-refractivity contribution in [3.63, 3.8) is 0 Å². The summed E-state index contributed by atoms with van der Waals surface area (Å²) < 4.78 is 75.0. The Labute approximate surface area is 117 Å². The lowest BCUT2D eigenvalue weighted by atomic mass is 9.92. The van der Waals surface area contributed by atoms with E-state index in [1.54, 1.807) is 0 Å². The van der Waals surface area contributed by atoms with Crippen molar-refractivity contribution in [3.8, 4) is 0 Å². The second-order valence-electron chi connectivity index (χ2n) is 3.96. The molecule has 0 saturated carbocycles. The molecule has 20 heavy (non-hydrogen) atoms. The highest BCUT2D eigenvalue weighted by atomic mass is 79.9. The van der Waals surface area contributed by atoms with E-state index in [-0.39, 0.29) is 5.56 Å². The Morgan fingerprint density at radius 3 is 1.75 bits per heavy atom. The average molecular weight is 365 g/mol. The number of hydrogen-bond donors (Lipinski definition) is 1. The minimum Gasteiger partial charge on any atom is -0.373 e. The molecule has 0 spiro atoms. The second-order valence-corrected chi connectivity index (χ2v) is 4.88. The minimum absolute atomic E-state index is 0.361. The first kappa shape index (κ1) is 17.0. The Morgan fingerprint density at radius 1 is 1.00 bits per heavy atom. The Hall–Kier alpha value is -1.09. The molecule has 0 aliphatic carbocycles. The number of alkyl halides is 6. The van der Waals surface area contributed by atoms with Gasteiger partial charge in [0.2, 0.25) is 0 Å². The molecule has 0 heterocycles. The van der Waals surface area contributed by atoms with Crippen molar-refractivity contribution in [1.29, 1.82) is 0 Å². The molecule has 0 saturated heterocycles. The van der Waals surface area contributed by atoms with E-state index in [1.807, 2.05) is 0 Å². The van der Waals surface area contributed by atoms with Crippen molar-refractivity contribution in [1.82, 2.24) is 0 Å². The van der Waals surface area contributed by atoms with Crippen molar-refractivity contribution in [2.45, 2.75) is 24.4 Å². The SMILES string of the molecule is O=C(CC(O)(C(F)(F)F)C(F)(F)F)c1ccc(Br)cc1. The summed E-state index contributed by atoms with van der Waals surface area (Å²) >= 11 is 3.00. The van der Waals surface area contributed by atoms with Gasteiger partial charge in [-0.1, -0.05) is 28.1 Å². The van der Waals surface area contributed by atoms with E-state index in [4.69, 9.17) is 5.11 Å². The lowest BCUT2D eigenvalue weighted by Crippen LogP contribution is -2.57. The number of benzene rings is 1. The first-order chi connectivity index (χ1) is 8.88. The third-order valence-corrected chi connectivity index (χ3v) is 3.05. The molecule has 112 valence electrons. The molecule has 0 bridgehead atoms. The molecule has 0 aromatic heterocycles. The maximum absolute atomic E-state index is 12.4. The zero-order valence-corrected chi connectivity index (χ0v) is 11.1. The third kappa shape index (κ3) is 3.32. The molecule has 0 radical (unpaired) electrons. The Kier molecular flexibility index (Phi) is 4.55. The van der Waals surface area contributed by atoms with Crippen LogP contribution in [0.1, 0.15) is 16.8 Å². The van der Waals surface area contributed by atoms with E-state index in [1.165, 1.54) is 12.1 Å². The number of hydrogen-bond acceptors (Lipinski definition) is 2. The fourth-order valence-corrected chi connectivity index (χ4v) is 1.60. The fraction of sp³-hybridized carbons (Fsp3) is 0.364. The van der Waals surface area contributed by atoms with Crippen LogP contribution in [0.2, 0.25) is 0 Å². The lowest BCUT2D eigenvalue weighted by Gasteiger charge is -2.31. The summed E-state index contributed by atoms with van der Waals surface area (Å²) in [4.78, 5) is 11.5. The fourth-order valence-electron chi connectivity index (χ4n) is 1.33. The van der Waals surface area contributed by atoms with Gasteiger partial charge < -0.3 is 5.11 Å². The van der Waals surface area contributed by atoms with Crippen molar-refractivity contribution < 1.29 is 36.2 Å². The Morgan fingerprint density at radius 2 is 1.40 bits per heavy atom. The molecule has 0 atom stereocenters. The summed E-state index contributed by atoms with van der Waals surface area (Å²) in [7, 11) is 0. The summed E-state index contributed by atoms with van der Waals surface area (Å²) in [6.45, 7) is 0. The Balaban J connectivity index is 3.09. The molecular formula is C11H7BrF6O2. The van der Waals surface area contributed by atoms with Gasteiger partial charge in [-0.25, -0.2) is 0 Å². The van der Waals surface area contributed by atoms with E-state index in [0.717, 1.165) is 12.1 Å². The quantitative estimate of drug-likeness (QED) is 0.652. The maximum Gasteiger partial charge on any atom is 0.426 e. The van der Waals surface area contributed by atoms with E-state index >= 15 is 0 Å². The van der Waals surface area contributed by atoms with E-state index in [0.29, 0.717) is 4.47 Å². The van der Waals surface area contributed by atoms with E-state index < -0.39 is 30.2 Å². The topological polar surface area (TPSA) is 37.3 Å². The van der Waals surface area contributed by atoms with Crippen LogP contribution in [-0.4, -0.2) is 28.8 Å². The highest BCUT2D eigenvalue weighted by Gasteiger charge is 2.70. The number of rotatable bonds is 3. The van der Waals surface area contributed by atoms with Gasteiger partial charge in [-0.05, 0) is 12.1 Å². The average Bonchev–Trinajstić information content (AvgIpc) is 2.26. The molecule has 0 unspecified atom stereocenters. The number of carbonyl (C=O) groups is 1. The predicted octanol–water partition coefficient (Wildman–Crippen LogP) is 3.88. The predicted molar refractivity (Wildman–Crippen MR) is 60.1 cm³/mol. The summed E-state index contributed by atoms with van der Waals surface area (Å²) in [5.74, 6) is -1.46. The van der Waals surface area contributed by atoms with Gasteiger partial charge in [-0.15, -0.1) is 0 Å². The van der Waals surface area contributed by atoms with Crippen LogP contribution in [0, 0.1) is 0 Å². The lowest BCUT2D eigenvalue weighted by molar-refractivity contribution is -0.365. The summed E-state index contributed by atoms with van der Waals surface area (Å²) in [6, 6.07) is 4.68. The normalized spacial score (nSPS) is 13.4. The van der Waals surface area contributed by atoms with E-state index in [2.05, 4.69) is 15.9 Å². The van der Waals surface area contributed by atoms with Gasteiger partial charge in [0.05, 0.1) is 6.42 Å². The van der Waals surface area contributed by atoms with Gasteiger partial charge >= 0.3 is 12.4 Å². The van der Waals surface area contributed by atoms with Crippen molar-refractivity contribution >= 4 is 21.7 Å². The van der Waals surface area contributed by atoms with Gasteiger partial charge in [0.15, 0.2) is 5.78 Å². The molecule has 0 amide bonds. The minimum atomic E-state index is -6.00. The highest BCUT2D eigenvalue weighted by Crippen LogP contribution is 2.45. The first-order valence-electron chi connectivity index (χ1n) is 5.03. The van der Waals surface area contributed by atoms with Gasteiger partial charge in [-0.2, -0.15) is 26.3 Å². The molecule has 0 aliphatic heterocycles. The Bertz CT molecular complexity index is 477. The van der Waals surface area contributed by atoms with Gasteiger partial charge in [0.25, 0.3) is 5.60 Å². The monoisotopic (exact) mass is 364 g/mol. The van der Waals surface area contributed by atoms with Crippen molar-refractivity contribution in [2.75, 3.05) is 0 Å².